The summed E-state index contributed by atoms with van der Waals surface area (Å²) in [5, 5.41) is 14.2. The van der Waals surface area contributed by atoms with Gasteiger partial charge in [-0.25, -0.2) is 0 Å². The van der Waals surface area contributed by atoms with Crippen molar-refractivity contribution in [2.45, 2.75) is 70.3 Å². The minimum absolute atomic E-state index is 0. The molecule has 5 nitrogen and oxygen atoms in total. The third-order valence-corrected chi connectivity index (χ3v) is 6.01. The van der Waals surface area contributed by atoms with Crippen LogP contribution in [0.5, 0.6) is 0 Å². The van der Waals surface area contributed by atoms with E-state index in [1.807, 2.05) is 0 Å². The van der Waals surface area contributed by atoms with Gasteiger partial charge in [0.05, 0.1) is 18.8 Å². The van der Waals surface area contributed by atoms with Gasteiger partial charge in [-0.05, 0) is 45.4 Å². The molecule has 0 bridgehead atoms. The molecule has 3 fully saturated rings. The number of piperidine rings is 1. The molecule has 3 aliphatic rings. The van der Waals surface area contributed by atoms with Crippen molar-refractivity contribution in [2.24, 2.45) is 10.4 Å². The standard InChI is InChI=1S/C19H35N3O2.HI/c1-2-20-17(21-14-19(23)10-4-3-5-11-19)22-12-6-8-18(15-22)9-7-13-24-16-18;/h23H,2-16H2,1H3,(H,20,21);1H. The first-order valence-electron chi connectivity index (χ1n) is 9.98. The Labute approximate surface area is 170 Å². The van der Waals surface area contributed by atoms with Crippen molar-refractivity contribution in [3.05, 3.63) is 0 Å². The van der Waals surface area contributed by atoms with Crippen LogP contribution in [0.4, 0.5) is 0 Å². The smallest absolute Gasteiger partial charge is 0.194 e. The van der Waals surface area contributed by atoms with Crippen LogP contribution in [0.15, 0.2) is 4.99 Å². The Kier molecular flexibility index (Phi) is 8.27. The lowest BCUT2D eigenvalue weighted by molar-refractivity contribution is -0.0372. The second kappa shape index (κ2) is 9.74. The molecule has 2 aliphatic heterocycles. The van der Waals surface area contributed by atoms with Gasteiger partial charge < -0.3 is 20.1 Å². The second-order valence-electron chi connectivity index (χ2n) is 8.14. The van der Waals surface area contributed by atoms with Crippen molar-refractivity contribution in [3.8, 4) is 0 Å². The first kappa shape index (κ1) is 21.2. The second-order valence-corrected chi connectivity index (χ2v) is 8.14. The molecule has 1 saturated carbocycles. The van der Waals surface area contributed by atoms with Gasteiger partial charge in [-0.15, -0.1) is 24.0 Å². The Bertz CT molecular complexity index is 427. The largest absolute Gasteiger partial charge is 0.388 e. The number of rotatable bonds is 3. The van der Waals surface area contributed by atoms with Gasteiger partial charge in [-0.1, -0.05) is 19.3 Å². The molecule has 0 aromatic rings. The van der Waals surface area contributed by atoms with Crippen LogP contribution in [-0.2, 0) is 4.74 Å². The van der Waals surface area contributed by atoms with Crippen LogP contribution in [0.2, 0.25) is 0 Å². The number of aliphatic imine (C=N–C) groups is 1. The van der Waals surface area contributed by atoms with Crippen molar-refractivity contribution in [2.75, 3.05) is 39.4 Å². The van der Waals surface area contributed by atoms with Gasteiger partial charge in [0.15, 0.2) is 5.96 Å². The van der Waals surface area contributed by atoms with Crippen molar-refractivity contribution in [3.63, 3.8) is 0 Å². The molecule has 146 valence electrons. The first-order chi connectivity index (χ1) is 11.6. The number of nitrogens with one attached hydrogen (secondary N) is 1. The molecular formula is C19H36IN3O2. The molecule has 3 rings (SSSR count). The van der Waals surface area contributed by atoms with Crippen molar-refractivity contribution >= 4 is 29.9 Å². The first-order valence-corrected chi connectivity index (χ1v) is 9.98. The molecule has 6 heteroatoms. The number of likely N-dealkylation sites (tertiary alicyclic amines) is 1. The highest BCUT2D eigenvalue weighted by Crippen LogP contribution is 2.37. The number of nitrogens with zero attached hydrogens (tertiary/aromatic N) is 2. The third-order valence-electron chi connectivity index (χ3n) is 6.01. The van der Waals surface area contributed by atoms with E-state index in [4.69, 9.17) is 9.73 Å². The molecule has 1 unspecified atom stereocenters. The van der Waals surface area contributed by atoms with Gasteiger partial charge >= 0.3 is 0 Å². The lowest BCUT2D eigenvalue weighted by Gasteiger charge is -2.46. The lowest BCUT2D eigenvalue weighted by Crippen LogP contribution is -2.53. The molecular weight excluding hydrogens is 429 g/mol. The van der Waals surface area contributed by atoms with E-state index in [1.54, 1.807) is 0 Å². The van der Waals surface area contributed by atoms with E-state index in [1.165, 1.54) is 32.1 Å². The lowest BCUT2D eigenvalue weighted by atomic mass is 9.76. The molecule has 0 amide bonds. The fraction of sp³-hybridized carbons (Fsp3) is 0.947. The number of halogens is 1. The average Bonchev–Trinajstić information content (AvgIpc) is 2.60. The molecule has 2 N–H and O–H groups in total. The van der Waals surface area contributed by atoms with Crippen LogP contribution < -0.4 is 5.32 Å². The third kappa shape index (κ3) is 5.70. The maximum atomic E-state index is 10.8. The maximum absolute atomic E-state index is 10.8. The average molecular weight is 465 g/mol. The molecule has 2 saturated heterocycles. The quantitative estimate of drug-likeness (QED) is 0.382. The predicted octanol–water partition coefficient (Wildman–Crippen LogP) is 3.16. The van der Waals surface area contributed by atoms with E-state index >= 15 is 0 Å². The number of hydrogen-bond acceptors (Lipinski definition) is 3. The van der Waals surface area contributed by atoms with E-state index in [-0.39, 0.29) is 24.0 Å². The monoisotopic (exact) mass is 465 g/mol. The Hall–Kier alpha value is -0.0800. The number of ether oxygens (including phenoxy) is 1. The van der Waals surface area contributed by atoms with Crippen LogP contribution in [-0.4, -0.2) is 61.0 Å². The Morgan fingerprint density at radius 1 is 1.12 bits per heavy atom. The summed E-state index contributed by atoms with van der Waals surface area (Å²) in [7, 11) is 0. The van der Waals surface area contributed by atoms with E-state index in [2.05, 4.69) is 17.1 Å². The number of guanidine groups is 1. The van der Waals surface area contributed by atoms with Crippen molar-refractivity contribution < 1.29 is 9.84 Å². The number of hydrogen-bond donors (Lipinski definition) is 2. The van der Waals surface area contributed by atoms with Crippen LogP contribution in [0, 0.1) is 5.41 Å². The van der Waals surface area contributed by atoms with Crippen molar-refractivity contribution in [1.82, 2.24) is 10.2 Å². The fourth-order valence-electron chi connectivity index (χ4n) is 4.64. The highest BCUT2D eigenvalue weighted by atomic mass is 127. The zero-order valence-corrected chi connectivity index (χ0v) is 18.1. The van der Waals surface area contributed by atoms with Gasteiger partial charge in [-0.3, -0.25) is 4.99 Å². The molecule has 0 aromatic heterocycles. The predicted molar refractivity (Wildman–Crippen MR) is 113 cm³/mol. The van der Waals surface area contributed by atoms with Gasteiger partial charge in [0.25, 0.3) is 0 Å². The van der Waals surface area contributed by atoms with Gasteiger partial charge in [0.1, 0.15) is 0 Å². The Morgan fingerprint density at radius 3 is 2.56 bits per heavy atom. The highest BCUT2D eigenvalue weighted by molar-refractivity contribution is 14.0. The van der Waals surface area contributed by atoms with Crippen LogP contribution in [0.25, 0.3) is 0 Å². The minimum atomic E-state index is -0.583. The molecule has 1 atom stereocenters. The summed E-state index contributed by atoms with van der Waals surface area (Å²) in [5.41, 5.74) is -0.269. The van der Waals surface area contributed by atoms with Gasteiger partial charge in [0, 0.05) is 31.7 Å². The Balaban J connectivity index is 0.00000225. The van der Waals surface area contributed by atoms with E-state index in [0.29, 0.717) is 12.0 Å². The van der Waals surface area contributed by atoms with Gasteiger partial charge in [0.2, 0.25) is 0 Å². The molecule has 0 radical (unpaired) electrons. The van der Waals surface area contributed by atoms with Crippen LogP contribution in [0.1, 0.15) is 64.7 Å². The summed E-state index contributed by atoms with van der Waals surface area (Å²) in [6.07, 6.45) is 10.2. The zero-order chi connectivity index (χ0) is 16.9. The summed E-state index contributed by atoms with van der Waals surface area (Å²) in [6.45, 7) is 7.44. The molecule has 1 spiro atoms. The molecule has 0 aromatic carbocycles. The highest BCUT2D eigenvalue weighted by Gasteiger charge is 2.38. The Morgan fingerprint density at radius 2 is 1.88 bits per heavy atom. The van der Waals surface area contributed by atoms with E-state index in [9.17, 15) is 5.11 Å². The number of aliphatic hydroxyl groups is 1. The molecule has 1 aliphatic carbocycles. The fourth-order valence-corrected chi connectivity index (χ4v) is 4.64. The van der Waals surface area contributed by atoms with E-state index < -0.39 is 5.60 Å². The van der Waals surface area contributed by atoms with E-state index in [0.717, 1.165) is 64.5 Å². The SMILES string of the molecule is CCNC(=NCC1(O)CCCCC1)N1CCCC2(CCCOC2)C1.I. The normalized spacial score (nSPS) is 30.0. The molecule has 25 heavy (non-hydrogen) atoms. The van der Waals surface area contributed by atoms with Gasteiger partial charge in [-0.2, -0.15) is 0 Å². The summed E-state index contributed by atoms with van der Waals surface area (Å²) in [4.78, 5) is 7.26. The molecule has 2 heterocycles. The zero-order valence-electron chi connectivity index (χ0n) is 15.8. The van der Waals surface area contributed by atoms with Crippen LogP contribution >= 0.6 is 24.0 Å². The summed E-state index contributed by atoms with van der Waals surface area (Å²) < 4.78 is 5.80. The minimum Gasteiger partial charge on any atom is -0.388 e. The van der Waals surface area contributed by atoms with Crippen LogP contribution in [0.3, 0.4) is 0 Å². The maximum Gasteiger partial charge on any atom is 0.194 e. The van der Waals surface area contributed by atoms with Crippen molar-refractivity contribution in [1.29, 1.82) is 0 Å². The topological polar surface area (TPSA) is 57.1 Å². The summed E-state index contributed by atoms with van der Waals surface area (Å²) >= 11 is 0. The summed E-state index contributed by atoms with van der Waals surface area (Å²) in [5.74, 6) is 0.987. The summed E-state index contributed by atoms with van der Waals surface area (Å²) in [6, 6.07) is 0.